The zero-order valence-electron chi connectivity index (χ0n) is 13.8. The van der Waals surface area contributed by atoms with E-state index >= 15 is 0 Å². The van der Waals surface area contributed by atoms with Crippen LogP contribution >= 0.6 is 0 Å². The van der Waals surface area contributed by atoms with E-state index in [1.54, 1.807) is 11.8 Å². The van der Waals surface area contributed by atoms with E-state index in [4.69, 9.17) is 0 Å². The topological polar surface area (TPSA) is 86.8 Å². The van der Waals surface area contributed by atoms with E-state index in [2.05, 4.69) is 5.32 Å². The molecule has 0 atom stereocenters. The minimum Gasteiger partial charge on any atom is -0.356 e. The van der Waals surface area contributed by atoms with E-state index < -0.39 is 10.0 Å². The lowest BCUT2D eigenvalue weighted by molar-refractivity contribution is -0.133. The molecule has 2 saturated heterocycles. The van der Waals surface area contributed by atoms with Gasteiger partial charge in [-0.25, -0.2) is 12.7 Å². The number of nitrogens with one attached hydrogen (secondary N) is 1. The maximum Gasteiger partial charge on any atom is 0.223 e. The molecular weight excluding hydrogens is 318 g/mol. The zero-order valence-corrected chi connectivity index (χ0v) is 14.6. The van der Waals surface area contributed by atoms with E-state index in [-0.39, 0.29) is 23.5 Å². The molecule has 0 aromatic heterocycles. The normalized spacial score (nSPS) is 22.7. The van der Waals surface area contributed by atoms with Gasteiger partial charge in [0.05, 0.1) is 5.75 Å². The Bertz CT molecular complexity index is 527. The lowest BCUT2D eigenvalue weighted by Gasteiger charge is -2.30. The Morgan fingerprint density at radius 1 is 1.13 bits per heavy atom. The fraction of sp³-hybridized carbons (Fsp3) is 0.867. The van der Waals surface area contributed by atoms with E-state index in [0.717, 1.165) is 12.8 Å². The molecule has 2 aliphatic rings. The first-order chi connectivity index (χ1) is 10.9. The lowest BCUT2D eigenvalue weighted by Crippen LogP contribution is -2.43. The molecule has 0 spiro atoms. The van der Waals surface area contributed by atoms with Gasteiger partial charge in [-0.3, -0.25) is 9.59 Å². The maximum atomic E-state index is 12.1. The highest BCUT2D eigenvalue weighted by Crippen LogP contribution is 2.17. The molecule has 1 N–H and O–H groups in total. The van der Waals surface area contributed by atoms with Crippen molar-refractivity contribution < 1.29 is 18.0 Å². The van der Waals surface area contributed by atoms with Crippen LogP contribution in [-0.2, 0) is 19.6 Å². The molecule has 7 nitrogen and oxygen atoms in total. The van der Waals surface area contributed by atoms with Crippen LogP contribution in [0.5, 0.6) is 0 Å². The smallest absolute Gasteiger partial charge is 0.223 e. The fourth-order valence-corrected chi connectivity index (χ4v) is 4.80. The molecular formula is C15H27N3O4S. The van der Waals surface area contributed by atoms with Gasteiger partial charge in [0.1, 0.15) is 0 Å². The summed E-state index contributed by atoms with van der Waals surface area (Å²) >= 11 is 0. The molecule has 23 heavy (non-hydrogen) atoms. The Morgan fingerprint density at radius 2 is 1.83 bits per heavy atom. The van der Waals surface area contributed by atoms with Gasteiger partial charge in [0, 0.05) is 45.6 Å². The van der Waals surface area contributed by atoms with Crippen molar-refractivity contribution in [3.63, 3.8) is 0 Å². The summed E-state index contributed by atoms with van der Waals surface area (Å²) in [4.78, 5) is 25.1. The third-order valence-corrected chi connectivity index (χ3v) is 6.60. The third kappa shape index (κ3) is 5.17. The number of carbonyl (C=O) groups is 2. The number of nitrogens with zero attached hydrogens (tertiary/aromatic N) is 2. The first kappa shape index (κ1) is 18.2. The zero-order chi connectivity index (χ0) is 16.9. The Labute approximate surface area is 138 Å². The highest BCUT2D eigenvalue weighted by molar-refractivity contribution is 7.89. The van der Waals surface area contributed by atoms with E-state index in [1.807, 2.05) is 0 Å². The molecule has 0 aliphatic carbocycles. The molecule has 2 rings (SSSR count). The number of hydrogen-bond acceptors (Lipinski definition) is 4. The van der Waals surface area contributed by atoms with Crippen molar-refractivity contribution in [2.75, 3.05) is 38.5 Å². The van der Waals surface area contributed by atoms with Crippen LogP contribution in [0.3, 0.4) is 0 Å². The van der Waals surface area contributed by atoms with Crippen molar-refractivity contribution in [2.45, 2.75) is 39.0 Å². The van der Waals surface area contributed by atoms with E-state index in [0.29, 0.717) is 52.0 Å². The highest BCUT2D eigenvalue weighted by atomic mass is 32.2. The van der Waals surface area contributed by atoms with Gasteiger partial charge in [-0.05, 0) is 32.1 Å². The van der Waals surface area contributed by atoms with Crippen LogP contribution in [0.2, 0.25) is 0 Å². The lowest BCUT2D eigenvalue weighted by atomic mass is 9.96. The SMILES string of the molecule is CC(=O)N1CCC(C(=O)NCCCN2CCCCS2(=O)=O)CC1. The summed E-state index contributed by atoms with van der Waals surface area (Å²) in [6.07, 6.45) is 3.70. The van der Waals surface area contributed by atoms with Crippen molar-refractivity contribution in [1.82, 2.24) is 14.5 Å². The molecule has 2 heterocycles. The summed E-state index contributed by atoms with van der Waals surface area (Å²) in [6, 6.07) is 0. The maximum absolute atomic E-state index is 12.1. The fourth-order valence-electron chi connectivity index (χ4n) is 3.16. The largest absolute Gasteiger partial charge is 0.356 e. The Kier molecular flexibility index (Phi) is 6.41. The van der Waals surface area contributed by atoms with E-state index in [1.165, 1.54) is 4.31 Å². The molecule has 0 unspecified atom stereocenters. The second kappa shape index (κ2) is 8.10. The van der Waals surface area contributed by atoms with Crippen molar-refractivity contribution in [3.05, 3.63) is 0 Å². The number of amides is 2. The van der Waals surface area contributed by atoms with Gasteiger partial charge >= 0.3 is 0 Å². The number of likely N-dealkylation sites (tertiary alicyclic amines) is 1. The monoisotopic (exact) mass is 345 g/mol. The summed E-state index contributed by atoms with van der Waals surface area (Å²) in [7, 11) is -3.08. The summed E-state index contributed by atoms with van der Waals surface area (Å²) in [5.74, 6) is 0.291. The highest BCUT2D eigenvalue weighted by Gasteiger charge is 2.27. The van der Waals surface area contributed by atoms with Gasteiger partial charge in [-0.1, -0.05) is 0 Å². The molecule has 0 aromatic rings. The predicted molar refractivity (Wildman–Crippen MR) is 87.2 cm³/mol. The molecule has 0 aromatic carbocycles. The minimum absolute atomic E-state index is 0.0229. The summed E-state index contributed by atoms with van der Waals surface area (Å²) in [5, 5.41) is 2.90. The molecule has 0 bridgehead atoms. The van der Waals surface area contributed by atoms with Gasteiger partial charge in [-0.2, -0.15) is 0 Å². The van der Waals surface area contributed by atoms with Crippen molar-refractivity contribution in [2.24, 2.45) is 5.92 Å². The van der Waals surface area contributed by atoms with Crippen LogP contribution in [0.25, 0.3) is 0 Å². The minimum atomic E-state index is -3.08. The summed E-state index contributed by atoms with van der Waals surface area (Å²) < 4.78 is 25.2. The standard InChI is InChI=1S/C15H27N3O4S/c1-13(19)17-10-5-14(6-11-17)15(20)16-7-4-9-18-8-2-3-12-23(18,21)22/h14H,2-12H2,1H3,(H,16,20). The second-order valence-electron chi connectivity index (χ2n) is 6.35. The Morgan fingerprint density at radius 3 is 2.43 bits per heavy atom. The van der Waals surface area contributed by atoms with Crippen LogP contribution < -0.4 is 5.32 Å². The molecule has 2 amide bonds. The van der Waals surface area contributed by atoms with Gasteiger partial charge in [0.2, 0.25) is 21.8 Å². The van der Waals surface area contributed by atoms with Crippen LogP contribution in [0.1, 0.15) is 39.0 Å². The number of piperidine rings is 1. The molecule has 8 heteroatoms. The summed E-state index contributed by atoms with van der Waals surface area (Å²) in [5.41, 5.74) is 0. The molecule has 2 fully saturated rings. The van der Waals surface area contributed by atoms with Crippen molar-refractivity contribution >= 4 is 21.8 Å². The number of sulfonamides is 1. The number of carbonyl (C=O) groups excluding carboxylic acids is 2. The third-order valence-electron chi connectivity index (χ3n) is 4.65. The molecule has 2 aliphatic heterocycles. The van der Waals surface area contributed by atoms with Crippen LogP contribution in [0.15, 0.2) is 0 Å². The Hall–Kier alpha value is -1.15. The summed E-state index contributed by atoms with van der Waals surface area (Å²) in [6.45, 7) is 4.40. The average Bonchev–Trinajstić information content (AvgIpc) is 2.52. The molecule has 0 saturated carbocycles. The predicted octanol–water partition coefficient (Wildman–Crippen LogP) is 0.177. The van der Waals surface area contributed by atoms with Crippen molar-refractivity contribution in [3.8, 4) is 0 Å². The number of rotatable bonds is 5. The van der Waals surface area contributed by atoms with Gasteiger partial charge < -0.3 is 10.2 Å². The van der Waals surface area contributed by atoms with Gasteiger partial charge in [0.25, 0.3) is 0 Å². The second-order valence-corrected chi connectivity index (χ2v) is 8.44. The average molecular weight is 345 g/mol. The molecule has 0 radical (unpaired) electrons. The molecule has 132 valence electrons. The quantitative estimate of drug-likeness (QED) is 0.720. The first-order valence-electron chi connectivity index (χ1n) is 8.41. The van der Waals surface area contributed by atoms with Gasteiger partial charge in [-0.15, -0.1) is 0 Å². The van der Waals surface area contributed by atoms with Crippen LogP contribution in [-0.4, -0.2) is 67.9 Å². The van der Waals surface area contributed by atoms with Crippen molar-refractivity contribution in [1.29, 1.82) is 0 Å². The van der Waals surface area contributed by atoms with Crippen LogP contribution in [0.4, 0.5) is 0 Å². The Balaban J connectivity index is 1.65. The van der Waals surface area contributed by atoms with E-state index in [9.17, 15) is 18.0 Å². The number of hydrogen-bond donors (Lipinski definition) is 1. The van der Waals surface area contributed by atoms with Gasteiger partial charge in [0.15, 0.2) is 0 Å². The first-order valence-corrected chi connectivity index (χ1v) is 10.0. The van der Waals surface area contributed by atoms with Crippen LogP contribution in [0, 0.1) is 5.92 Å².